The number of benzene rings is 2. The molecule has 2 heterocycles. The summed E-state index contributed by atoms with van der Waals surface area (Å²) in [4.78, 5) is 27.0. The molecule has 1 N–H and O–H groups in total. The van der Waals surface area contributed by atoms with Crippen LogP contribution in [0.2, 0.25) is 5.02 Å². The van der Waals surface area contributed by atoms with Gasteiger partial charge in [-0.05, 0) is 42.0 Å². The molecule has 1 fully saturated rings. The van der Waals surface area contributed by atoms with Crippen molar-refractivity contribution in [2.75, 3.05) is 11.4 Å². The first-order chi connectivity index (χ1) is 13.6. The highest BCUT2D eigenvalue weighted by molar-refractivity contribution is 6.30. The molecule has 1 aromatic heterocycles. The zero-order valence-electron chi connectivity index (χ0n) is 15.0. The average molecular weight is 395 g/mol. The van der Waals surface area contributed by atoms with Gasteiger partial charge in [0.25, 0.3) is 0 Å². The average Bonchev–Trinajstić information content (AvgIpc) is 3.37. The summed E-state index contributed by atoms with van der Waals surface area (Å²) in [5.41, 5.74) is 1.67. The van der Waals surface area contributed by atoms with Gasteiger partial charge in [0.2, 0.25) is 11.8 Å². The summed E-state index contributed by atoms with van der Waals surface area (Å²) in [5, 5.41) is 3.65. The normalized spacial score (nSPS) is 17.5. The lowest BCUT2D eigenvalue weighted by molar-refractivity contribution is -0.126. The van der Waals surface area contributed by atoms with E-state index in [1.54, 1.807) is 41.5 Å². The van der Waals surface area contributed by atoms with Crippen molar-refractivity contribution in [3.05, 3.63) is 89.3 Å². The number of furan rings is 1. The van der Waals surface area contributed by atoms with Crippen molar-refractivity contribution in [2.24, 2.45) is 5.92 Å². The highest BCUT2D eigenvalue weighted by Crippen LogP contribution is 2.28. The molecule has 0 saturated carbocycles. The monoisotopic (exact) mass is 394 g/mol. The van der Waals surface area contributed by atoms with Gasteiger partial charge < -0.3 is 14.6 Å². The van der Waals surface area contributed by atoms with Crippen molar-refractivity contribution in [3.63, 3.8) is 0 Å². The van der Waals surface area contributed by atoms with Crippen molar-refractivity contribution in [1.82, 2.24) is 5.32 Å². The molecule has 0 unspecified atom stereocenters. The second kappa shape index (κ2) is 7.90. The molecule has 0 bridgehead atoms. The fraction of sp³-hybridized carbons (Fsp3) is 0.182. The first kappa shape index (κ1) is 18.3. The Bertz CT molecular complexity index is 955. The molecule has 5 nitrogen and oxygen atoms in total. The van der Waals surface area contributed by atoms with E-state index in [0.717, 1.165) is 11.3 Å². The number of carbonyl (C=O) groups excluding carboxylic acids is 2. The Morgan fingerprint density at radius 3 is 2.50 bits per heavy atom. The minimum absolute atomic E-state index is 0.0725. The van der Waals surface area contributed by atoms with Gasteiger partial charge in [-0.15, -0.1) is 0 Å². The van der Waals surface area contributed by atoms with Crippen LogP contribution in [-0.2, 0) is 9.59 Å². The molecule has 4 rings (SSSR count). The summed E-state index contributed by atoms with van der Waals surface area (Å²) in [6.45, 7) is 0.339. The number of halogens is 1. The Kier molecular flexibility index (Phi) is 5.17. The molecular formula is C22H19ClN2O3. The first-order valence-corrected chi connectivity index (χ1v) is 9.44. The van der Waals surface area contributed by atoms with E-state index < -0.39 is 12.0 Å². The molecule has 2 amide bonds. The van der Waals surface area contributed by atoms with E-state index in [9.17, 15) is 9.59 Å². The standard InChI is InChI=1S/C22H19ClN2O3/c23-17-8-10-18(11-9-17)25-14-16(13-20(25)26)22(27)24-21(19-7-4-12-28-19)15-5-2-1-3-6-15/h1-12,16,21H,13-14H2,(H,24,27)/t16-,21+/m0/s1. The zero-order chi connectivity index (χ0) is 19.5. The maximum Gasteiger partial charge on any atom is 0.227 e. The molecule has 0 spiro atoms. The van der Waals surface area contributed by atoms with Gasteiger partial charge in [-0.25, -0.2) is 0 Å². The maximum absolute atomic E-state index is 12.9. The minimum Gasteiger partial charge on any atom is -0.467 e. The van der Waals surface area contributed by atoms with Gasteiger partial charge in [0, 0.05) is 23.7 Å². The highest BCUT2D eigenvalue weighted by atomic mass is 35.5. The molecule has 142 valence electrons. The van der Waals surface area contributed by atoms with Crippen LogP contribution in [-0.4, -0.2) is 18.4 Å². The lowest BCUT2D eigenvalue weighted by Crippen LogP contribution is -2.36. The summed E-state index contributed by atoms with van der Waals surface area (Å²) < 4.78 is 5.53. The zero-order valence-corrected chi connectivity index (χ0v) is 15.8. The fourth-order valence-corrected chi connectivity index (χ4v) is 3.56. The predicted octanol–water partition coefficient (Wildman–Crippen LogP) is 4.19. The molecule has 1 saturated heterocycles. The Morgan fingerprint density at radius 2 is 1.82 bits per heavy atom. The molecule has 3 aromatic rings. The largest absolute Gasteiger partial charge is 0.467 e. The van der Waals surface area contributed by atoms with E-state index in [4.69, 9.17) is 16.0 Å². The Labute approximate surface area is 167 Å². The van der Waals surface area contributed by atoms with Crippen LogP contribution >= 0.6 is 11.6 Å². The van der Waals surface area contributed by atoms with Crippen molar-refractivity contribution in [1.29, 1.82) is 0 Å². The van der Waals surface area contributed by atoms with Crippen LogP contribution in [0.15, 0.2) is 77.4 Å². The number of amides is 2. The fourth-order valence-electron chi connectivity index (χ4n) is 3.43. The molecule has 0 aliphatic carbocycles. The Hall–Kier alpha value is -3.05. The van der Waals surface area contributed by atoms with Gasteiger partial charge >= 0.3 is 0 Å². The molecule has 28 heavy (non-hydrogen) atoms. The lowest BCUT2D eigenvalue weighted by Gasteiger charge is -2.20. The smallest absolute Gasteiger partial charge is 0.227 e. The quantitative estimate of drug-likeness (QED) is 0.705. The molecule has 6 heteroatoms. The van der Waals surface area contributed by atoms with E-state index in [1.165, 1.54) is 0 Å². The molecular weight excluding hydrogens is 376 g/mol. The molecule has 1 aliphatic rings. The van der Waals surface area contributed by atoms with E-state index in [0.29, 0.717) is 17.3 Å². The number of anilines is 1. The van der Waals surface area contributed by atoms with Gasteiger partial charge in [0.1, 0.15) is 11.8 Å². The number of hydrogen-bond acceptors (Lipinski definition) is 3. The maximum atomic E-state index is 12.9. The van der Waals surface area contributed by atoms with Crippen molar-refractivity contribution >= 4 is 29.1 Å². The van der Waals surface area contributed by atoms with Gasteiger partial charge in [0.05, 0.1) is 12.2 Å². The summed E-state index contributed by atoms with van der Waals surface area (Å²) in [6, 6.07) is 19.9. The number of nitrogens with zero attached hydrogens (tertiary/aromatic N) is 1. The van der Waals surface area contributed by atoms with Crippen LogP contribution in [0.4, 0.5) is 5.69 Å². The van der Waals surface area contributed by atoms with Gasteiger partial charge in [-0.2, -0.15) is 0 Å². The van der Waals surface area contributed by atoms with Crippen LogP contribution in [0.25, 0.3) is 0 Å². The lowest BCUT2D eigenvalue weighted by atomic mass is 10.0. The van der Waals surface area contributed by atoms with Crippen LogP contribution in [0, 0.1) is 5.92 Å². The van der Waals surface area contributed by atoms with E-state index >= 15 is 0 Å². The third kappa shape index (κ3) is 3.80. The van der Waals surface area contributed by atoms with E-state index in [1.807, 2.05) is 36.4 Å². The Balaban J connectivity index is 1.51. The number of rotatable bonds is 5. The second-order valence-corrected chi connectivity index (χ2v) is 7.19. The van der Waals surface area contributed by atoms with E-state index in [-0.39, 0.29) is 18.2 Å². The van der Waals surface area contributed by atoms with Crippen molar-refractivity contribution in [3.8, 4) is 0 Å². The number of hydrogen-bond donors (Lipinski definition) is 1. The van der Waals surface area contributed by atoms with Gasteiger partial charge in [-0.3, -0.25) is 9.59 Å². The predicted molar refractivity (Wildman–Crippen MR) is 107 cm³/mol. The van der Waals surface area contributed by atoms with E-state index in [2.05, 4.69) is 5.32 Å². The Morgan fingerprint density at radius 1 is 1.07 bits per heavy atom. The summed E-state index contributed by atoms with van der Waals surface area (Å²) >= 11 is 5.92. The van der Waals surface area contributed by atoms with Crippen LogP contribution in [0.5, 0.6) is 0 Å². The summed E-state index contributed by atoms with van der Waals surface area (Å²) in [7, 11) is 0. The van der Waals surface area contributed by atoms with Gasteiger partial charge in [0.15, 0.2) is 0 Å². The summed E-state index contributed by atoms with van der Waals surface area (Å²) in [5.74, 6) is -0.0189. The third-order valence-electron chi connectivity index (χ3n) is 4.88. The number of nitrogens with one attached hydrogen (secondary N) is 1. The third-order valence-corrected chi connectivity index (χ3v) is 5.13. The highest BCUT2D eigenvalue weighted by Gasteiger charge is 2.36. The van der Waals surface area contributed by atoms with Gasteiger partial charge in [-0.1, -0.05) is 41.9 Å². The minimum atomic E-state index is -0.427. The van der Waals surface area contributed by atoms with Crippen LogP contribution in [0.1, 0.15) is 23.8 Å². The van der Waals surface area contributed by atoms with Crippen molar-refractivity contribution < 1.29 is 14.0 Å². The topological polar surface area (TPSA) is 62.6 Å². The molecule has 0 radical (unpaired) electrons. The summed E-state index contributed by atoms with van der Waals surface area (Å²) in [6.07, 6.45) is 1.76. The first-order valence-electron chi connectivity index (χ1n) is 9.06. The van der Waals surface area contributed by atoms with Crippen molar-refractivity contribution in [2.45, 2.75) is 12.5 Å². The molecule has 2 atom stereocenters. The molecule has 2 aromatic carbocycles. The van der Waals surface area contributed by atoms with Crippen LogP contribution < -0.4 is 10.2 Å². The molecule has 1 aliphatic heterocycles. The SMILES string of the molecule is O=C(N[C@H](c1ccccc1)c1ccco1)[C@H]1CC(=O)N(c2ccc(Cl)cc2)C1. The number of carbonyl (C=O) groups is 2. The van der Waals surface area contributed by atoms with Crippen LogP contribution in [0.3, 0.4) is 0 Å². The second-order valence-electron chi connectivity index (χ2n) is 6.75.